The van der Waals surface area contributed by atoms with Gasteiger partial charge in [0, 0.05) is 11.9 Å². The van der Waals surface area contributed by atoms with E-state index < -0.39 is 0 Å². The molecule has 0 saturated carbocycles. The second-order valence-electron chi connectivity index (χ2n) is 1.19. The van der Waals surface area contributed by atoms with Gasteiger partial charge in [-0.25, -0.2) is 0 Å². The molecule has 0 aliphatic heterocycles. The van der Waals surface area contributed by atoms with Gasteiger partial charge in [0.05, 0.1) is 0 Å². The van der Waals surface area contributed by atoms with Crippen LogP contribution in [-0.4, -0.2) is 6.21 Å². The molecule has 0 aliphatic carbocycles. The lowest BCUT2D eigenvalue weighted by molar-refractivity contribution is 1.41. The summed E-state index contributed by atoms with van der Waals surface area (Å²) in [5, 5.41) is 6.56. The summed E-state index contributed by atoms with van der Waals surface area (Å²) in [6.45, 7) is 0. The highest BCUT2D eigenvalue weighted by Gasteiger charge is 1.73. The van der Waals surface area contributed by atoms with E-state index in [4.69, 9.17) is 16.9 Å². The van der Waals surface area contributed by atoms with Crippen LogP contribution in [-0.2, 0) is 0 Å². The third-order valence-corrected chi connectivity index (χ3v) is 0.564. The van der Waals surface area contributed by atoms with E-state index in [1.165, 1.54) is 18.4 Å². The molecule has 0 aromatic heterocycles. The number of hydrogen-bond acceptors (Lipinski definition) is 3. The van der Waals surface area contributed by atoms with Crippen LogP contribution in [0, 0.1) is 5.41 Å². The molecule has 0 aromatic rings. The van der Waals surface area contributed by atoms with Crippen LogP contribution in [0.3, 0.4) is 0 Å². The summed E-state index contributed by atoms with van der Waals surface area (Å²) in [7, 11) is 0. The van der Waals surface area contributed by atoms with E-state index in [1.54, 1.807) is 0 Å². The van der Waals surface area contributed by atoms with Crippen LogP contribution >= 0.6 is 0 Å². The Hall–Kier alpha value is -1.25. The fourth-order valence-corrected chi connectivity index (χ4v) is 0.263. The van der Waals surface area contributed by atoms with Crippen LogP contribution in [0.25, 0.3) is 0 Å². The molecule has 44 valence electrons. The second-order valence-corrected chi connectivity index (χ2v) is 1.19. The van der Waals surface area contributed by atoms with Gasteiger partial charge in [-0.3, -0.25) is 0 Å². The van der Waals surface area contributed by atoms with Crippen molar-refractivity contribution in [2.75, 3.05) is 0 Å². The van der Waals surface area contributed by atoms with E-state index in [1.807, 2.05) is 0 Å². The summed E-state index contributed by atoms with van der Waals surface area (Å²) in [4.78, 5) is 0. The molecule has 0 heterocycles. The van der Waals surface area contributed by atoms with Crippen molar-refractivity contribution in [2.24, 2.45) is 11.5 Å². The zero-order valence-electron chi connectivity index (χ0n) is 4.46. The Morgan fingerprint density at radius 2 is 2.12 bits per heavy atom. The lowest BCUT2D eigenvalue weighted by Gasteiger charge is -1.83. The highest BCUT2D eigenvalue weighted by molar-refractivity contribution is 5.69. The highest BCUT2D eigenvalue weighted by Crippen LogP contribution is 1.79. The predicted molar refractivity (Wildman–Crippen MR) is 34.4 cm³/mol. The van der Waals surface area contributed by atoms with Gasteiger partial charge in [-0.1, -0.05) is 0 Å². The number of nitrogens with two attached hydrogens (primary N) is 2. The zero-order valence-corrected chi connectivity index (χ0v) is 4.46. The van der Waals surface area contributed by atoms with Crippen molar-refractivity contribution >= 4 is 6.21 Å². The molecule has 0 saturated heterocycles. The summed E-state index contributed by atoms with van der Waals surface area (Å²) in [6.07, 6.45) is 5.40. The molecule has 0 unspecified atom stereocenters. The van der Waals surface area contributed by atoms with Gasteiger partial charge in [-0.15, -0.1) is 0 Å². The summed E-state index contributed by atoms with van der Waals surface area (Å²) < 4.78 is 0. The average molecular weight is 111 g/mol. The molecule has 8 heavy (non-hydrogen) atoms. The van der Waals surface area contributed by atoms with Crippen molar-refractivity contribution in [3.05, 3.63) is 24.0 Å². The number of allylic oxidation sites excluding steroid dienone is 2. The smallest absolute Gasteiger partial charge is 0.0343 e. The molecule has 0 bridgehead atoms. The SMILES string of the molecule is N=C/C=C(N)\C=C\N. The molecule has 3 heteroatoms. The second kappa shape index (κ2) is 3.92. The van der Waals surface area contributed by atoms with Crippen LogP contribution in [0.5, 0.6) is 0 Å². The molecule has 0 rings (SSSR count). The quantitative estimate of drug-likeness (QED) is 0.345. The maximum atomic E-state index is 6.56. The molecular weight excluding hydrogens is 102 g/mol. The number of nitrogens with one attached hydrogen (secondary N) is 1. The van der Waals surface area contributed by atoms with Gasteiger partial charge >= 0.3 is 0 Å². The van der Waals surface area contributed by atoms with E-state index in [0.717, 1.165) is 6.21 Å². The topological polar surface area (TPSA) is 75.9 Å². The van der Waals surface area contributed by atoms with Crippen LogP contribution in [0.2, 0.25) is 0 Å². The maximum absolute atomic E-state index is 6.56. The van der Waals surface area contributed by atoms with Crippen molar-refractivity contribution in [3.63, 3.8) is 0 Å². The third kappa shape index (κ3) is 2.96. The minimum atomic E-state index is 0.488. The van der Waals surface area contributed by atoms with Gasteiger partial charge < -0.3 is 16.9 Å². The van der Waals surface area contributed by atoms with E-state index in [2.05, 4.69) is 0 Å². The van der Waals surface area contributed by atoms with Crippen LogP contribution in [0.1, 0.15) is 0 Å². The van der Waals surface area contributed by atoms with Gasteiger partial charge in [0.1, 0.15) is 0 Å². The fraction of sp³-hybridized carbons (Fsp3) is 0. The molecule has 0 amide bonds. The first-order chi connectivity index (χ1) is 3.81. The van der Waals surface area contributed by atoms with Crippen molar-refractivity contribution in [1.82, 2.24) is 0 Å². The van der Waals surface area contributed by atoms with Crippen LogP contribution < -0.4 is 11.5 Å². The Labute approximate surface area is 48.2 Å². The molecule has 0 fully saturated rings. The van der Waals surface area contributed by atoms with Crippen molar-refractivity contribution < 1.29 is 0 Å². The minimum absolute atomic E-state index is 0.488. The van der Waals surface area contributed by atoms with Crippen molar-refractivity contribution in [3.8, 4) is 0 Å². The Bertz CT molecular complexity index is 124. The normalized spacial score (nSPS) is 12.2. The molecule has 0 aromatic carbocycles. The van der Waals surface area contributed by atoms with E-state index >= 15 is 0 Å². The fourth-order valence-electron chi connectivity index (χ4n) is 0.263. The van der Waals surface area contributed by atoms with E-state index in [0.29, 0.717) is 5.70 Å². The first kappa shape index (κ1) is 6.75. The van der Waals surface area contributed by atoms with Crippen LogP contribution in [0.15, 0.2) is 24.0 Å². The van der Waals surface area contributed by atoms with Gasteiger partial charge in [-0.2, -0.15) is 0 Å². The van der Waals surface area contributed by atoms with Crippen LogP contribution in [0.4, 0.5) is 0 Å². The molecule has 0 aliphatic rings. The first-order valence-electron chi connectivity index (χ1n) is 2.15. The Balaban J connectivity index is 3.79. The highest BCUT2D eigenvalue weighted by atomic mass is 14.6. The molecule has 0 spiro atoms. The summed E-state index contributed by atoms with van der Waals surface area (Å²) in [5.74, 6) is 0. The molecule has 0 atom stereocenters. The predicted octanol–water partition coefficient (Wildman–Crippen LogP) is -0.0490. The van der Waals surface area contributed by atoms with Gasteiger partial charge in [-0.05, 0) is 18.4 Å². The molecule has 5 N–H and O–H groups in total. The average Bonchev–Trinajstić information content (AvgIpc) is 1.68. The first-order valence-corrected chi connectivity index (χ1v) is 2.15. The Kier molecular flexibility index (Phi) is 3.31. The molecule has 3 nitrogen and oxygen atoms in total. The largest absolute Gasteiger partial charge is 0.405 e. The lowest BCUT2D eigenvalue weighted by atomic mass is 10.4. The number of hydrogen-bond donors (Lipinski definition) is 3. The lowest BCUT2D eigenvalue weighted by Crippen LogP contribution is -1.93. The summed E-state index contributed by atoms with van der Waals surface area (Å²) in [5.41, 5.74) is 10.7. The Morgan fingerprint density at radius 1 is 1.50 bits per heavy atom. The van der Waals surface area contributed by atoms with Gasteiger partial charge in [0.2, 0.25) is 0 Å². The Morgan fingerprint density at radius 3 is 2.50 bits per heavy atom. The summed E-state index contributed by atoms with van der Waals surface area (Å²) in [6, 6.07) is 0. The molecule has 0 radical (unpaired) electrons. The standard InChI is InChI=1S/C5H9N3/c6-3-1-5(8)2-4-7/h1-4,6H,7-8H2/b4-2+,5-1+,6-3?. The zero-order chi connectivity index (χ0) is 6.41. The van der Waals surface area contributed by atoms with E-state index in [-0.39, 0.29) is 0 Å². The minimum Gasteiger partial charge on any atom is -0.405 e. The maximum Gasteiger partial charge on any atom is 0.0343 e. The van der Waals surface area contributed by atoms with E-state index in [9.17, 15) is 0 Å². The van der Waals surface area contributed by atoms with Crippen molar-refractivity contribution in [1.29, 1.82) is 5.41 Å². The van der Waals surface area contributed by atoms with Gasteiger partial charge in [0.15, 0.2) is 0 Å². The molecular formula is C5H9N3. The van der Waals surface area contributed by atoms with Crippen molar-refractivity contribution in [2.45, 2.75) is 0 Å². The number of rotatable bonds is 2. The van der Waals surface area contributed by atoms with Gasteiger partial charge in [0.25, 0.3) is 0 Å². The summed E-state index contributed by atoms with van der Waals surface area (Å²) >= 11 is 0. The monoisotopic (exact) mass is 111 g/mol. The third-order valence-electron chi connectivity index (χ3n) is 0.564.